The molecule has 104 valence electrons. The lowest BCUT2D eigenvalue weighted by atomic mass is 10.3. The van der Waals surface area contributed by atoms with Gasteiger partial charge >= 0.3 is 6.01 Å². The van der Waals surface area contributed by atoms with Crippen molar-refractivity contribution in [2.75, 3.05) is 18.4 Å². The SMILES string of the molecule is CCNC(C)c1nnc(NCCc2noc(C)n2)o1. The van der Waals surface area contributed by atoms with Gasteiger partial charge in [-0.15, -0.1) is 5.10 Å². The van der Waals surface area contributed by atoms with Gasteiger partial charge in [-0.3, -0.25) is 0 Å². The summed E-state index contributed by atoms with van der Waals surface area (Å²) in [6.45, 7) is 7.22. The Balaban J connectivity index is 1.80. The van der Waals surface area contributed by atoms with E-state index in [1.807, 2.05) is 13.8 Å². The monoisotopic (exact) mass is 266 g/mol. The normalized spacial score (nSPS) is 12.6. The molecular formula is C11H18N6O2. The summed E-state index contributed by atoms with van der Waals surface area (Å²) in [5, 5.41) is 17.9. The fourth-order valence-electron chi connectivity index (χ4n) is 1.60. The van der Waals surface area contributed by atoms with E-state index in [1.165, 1.54) is 0 Å². The molecule has 1 atom stereocenters. The molecule has 0 bridgehead atoms. The number of aromatic nitrogens is 4. The van der Waals surface area contributed by atoms with Gasteiger partial charge in [0.25, 0.3) is 0 Å². The van der Waals surface area contributed by atoms with E-state index in [0.29, 0.717) is 36.6 Å². The van der Waals surface area contributed by atoms with Crippen molar-refractivity contribution >= 4 is 6.01 Å². The zero-order valence-electron chi connectivity index (χ0n) is 11.3. The van der Waals surface area contributed by atoms with Gasteiger partial charge in [-0.1, -0.05) is 17.2 Å². The predicted molar refractivity (Wildman–Crippen MR) is 67.6 cm³/mol. The third-order valence-corrected chi connectivity index (χ3v) is 2.52. The maximum absolute atomic E-state index is 5.48. The highest BCUT2D eigenvalue weighted by atomic mass is 16.5. The van der Waals surface area contributed by atoms with Crippen LogP contribution >= 0.6 is 0 Å². The summed E-state index contributed by atoms with van der Waals surface area (Å²) in [6.07, 6.45) is 0.637. The van der Waals surface area contributed by atoms with E-state index in [1.54, 1.807) is 6.92 Å². The van der Waals surface area contributed by atoms with Crippen molar-refractivity contribution in [3.63, 3.8) is 0 Å². The number of nitrogens with zero attached hydrogens (tertiary/aromatic N) is 4. The van der Waals surface area contributed by atoms with Crippen LogP contribution in [0.4, 0.5) is 6.01 Å². The minimum absolute atomic E-state index is 0.0490. The Kier molecular flexibility index (Phi) is 4.45. The molecule has 2 aromatic heterocycles. The van der Waals surface area contributed by atoms with E-state index in [2.05, 4.69) is 31.0 Å². The molecule has 0 aliphatic rings. The highest BCUT2D eigenvalue weighted by molar-refractivity contribution is 5.17. The van der Waals surface area contributed by atoms with Gasteiger partial charge in [0, 0.05) is 19.9 Å². The smallest absolute Gasteiger partial charge is 0.315 e. The zero-order chi connectivity index (χ0) is 13.7. The maximum Gasteiger partial charge on any atom is 0.315 e. The van der Waals surface area contributed by atoms with Crippen LogP contribution < -0.4 is 10.6 Å². The third kappa shape index (κ3) is 3.75. The second-order valence-electron chi connectivity index (χ2n) is 4.13. The average Bonchev–Trinajstić information content (AvgIpc) is 2.99. The molecule has 0 radical (unpaired) electrons. The van der Waals surface area contributed by atoms with Crippen molar-refractivity contribution in [1.82, 2.24) is 25.7 Å². The molecule has 19 heavy (non-hydrogen) atoms. The molecular weight excluding hydrogens is 248 g/mol. The average molecular weight is 266 g/mol. The van der Waals surface area contributed by atoms with Crippen molar-refractivity contribution < 1.29 is 8.94 Å². The standard InChI is InChI=1S/C11H18N6O2/c1-4-12-7(2)10-15-16-11(18-10)13-6-5-9-14-8(3)19-17-9/h7,12H,4-6H2,1-3H3,(H,13,16). The quantitative estimate of drug-likeness (QED) is 0.767. The van der Waals surface area contributed by atoms with Gasteiger partial charge < -0.3 is 19.6 Å². The van der Waals surface area contributed by atoms with E-state index in [-0.39, 0.29) is 6.04 Å². The molecule has 0 aromatic carbocycles. The number of rotatable bonds is 7. The van der Waals surface area contributed by atoms with Crippen LogP contribution in [0.5, 0.6) is 0 Å². The molecule has 2 aromatic rings. The van der Waals surface area contributed by atoms with Crippen LogP contribution in [0, 0.1) is 6.92 Å². The van der Waals surface area contributed by atoms with Crippen LogP contribution in [0.3, 0.4) is 0 Å². The predicted octanol–water partition coefficient (Wildman–Crippen LogP) is 1.09. The van der Waals surface area contributed by atoms with E-state index in [9.17, 15) is 0 Å². The lowest BCUT2D eigenvalue weighted by Gasteiger charge is -2.05. The molecule has 0 aliphatic carbocycles. The van der Waals surface area contributed by atoms with E-state index < -0.39 is 0 Å². The molecule has 8 heteroatoms. The molecule has 2 heterocycles. The van der Waals surface area contributed by atoms with Crippen LogP contribution in [0.15, 0.2) is 8.94 Å². The summed E-state index contributed by atoms with van der Waals surface area (Å²) < 4.78 is 10.4. The fraction of sp³-hybridized carbons (Fsp3) is 0.636. The second kappa shape index (κ2) is 6.28. The van der Waals surface area contributed by atoms with Gasteiger partial charge in [-0.2, -0.15) is 4.98 Å². The third-order valence-electron chi connectivity index (χ3n) is 2.52. The Morgan fingerprint density at radius 1 is 1.32 bits per heavy atom. The lowest BCUT2D eigenvalue weighted by molar-refractivity contribution is 0.387. The molecule has 0 amide bonds. The number of aryl methyl sites for hydroxylation is 1. The van der Waals surface area contributed by atoms with E-state index >= 15 is 0 Å². The van der Waals surface area contributed by atoms with Crippen molar-refractivity contribution in [1.29, 1.82) is 0 Å². The number of hydrogen-bond acceptors (Lipinski definition) is 8. The first kappa shape index (κ1) is 13.5. The second-order valence-corrected chi connectivity index (χ2v) is 4.13. The molecule has 0 saturated heterocycles. The highest BCUT2D eigenvalue weighted by Gasteiger charge is 2.12. The molecule has 2 rings (SSSR count). The molecule has 0 fully saturated rings. The van der Waals surface area contributed by atoms with Crippen LogP contribution in [0.2, 0.25) is 0 Å². The first-order valence-corrected chi connectivity index (χ1v) is 6.29. The van der Waals surface area contributed by atoms with Gasteiger partial charge in [0.2, 0.25) is 11.8 Å². The Labute approximate surface area is 111 Å². The molecule has 0 aliphatic heterocycles. The van der Waals surface area contributed by atoms with Crippen LogP contribution in [0.25, 0.3) is 0 Å². The van der Waals surface area contributed by atoms with Crippen molar-refractivity contribution in [2.24, 2.45) is 0 Å². The minimum Gasteiger partial charge on any atom is -0.406 e. The summed E-state index contributed by atoms with van der Waals surface area (Å²) in [5.74, 6) is 1.79. The first-order valence-electron chi connectivity index (χ1n) is 6.29. The van der Waals surface area contributed by atoms with Gasteiger partial charge in [-0.25, -0.2) is 0 Å². The van der Waals surface area contributed by atoms with Crippen LogP contribution in [0.1, 0.15) is 37.5 Å². The number of anilines is 1. The van der Waals surface area contributed by atoms with Crippen molar-refractivity contribution in [3.05, 3.63) is 17.6 Å². The van der Waals surface area contributed by atoms with Crippen molar-refractivity contribution in [3.8, 4) is 0 Å². The number of nitrogens with one attached hydrogen (secondary N) is 2. The van der Waals surface area contributed by atoms with E-state index in [4.69, 9.17) is 8.94 Å². The summed E-state index contributed by atoms with van der Waals surface area (Å²) in [4.78, 5) is 4.11. The number of hydrogen-bond donors (Lipinski definition) is 2. The maximum atomic E-state index is 5.48. The zero-order valence-corrected chi connectivity index (χ0v) is 11.3. The van der Waals surface area contributed by atoms with E-state index in [0.717, 1.165) is 6.54 Å². The van der Waals surface area contributed by atoms with Gasteiger partial charge in [0.1, 0.15) is 0 Å². The molecule has 1 unspecified atom stereocenters. The van der Waals surface area contributed by atoms with Crippen molar-refractivity contribution in [2.45, 2.75) is 33.2 Å². The van der Waals surface area contributed by atoms with Gasteiger partial charge in [-0.05, 0) is 13.5 Å². The van der Waals surface area contributed by atoms with Crippen LogP contribution in [-0.2, 0) is 6.42 Å². The molecule has 8 nitrogen and oxygen atoms in total. The largest absolute Gasteiger partial charge is 0.406 e. The Morgan fingerprint density at radius 3 is 2.84 bits per heavy atom. The summed E-state index contributed by atoms with van der Waals surface area (Å²) in [5.41, 5.74) is 0. The molecule has 0 spiro atoms. The summed E-state index contributed by atoms with van der Waals surface area (Å²) in [6, 6.07) is 0.452. The lowest BCUT2D eigenvalue weighted by Crippen LogP contribution is -2.17. The fourth-order valence-corrected chi connectivity index (χ4v) is 1.60. The van der Waals surface area contributed by atoms with Gasteiger partial charge in [0.15, 0.2) is 5.82 Å². The summed E-state index contributed by atoms with van der Waals surface area (Å²) in [7, 11) is 0. The van der Waals surface area contributed by atoms with Crippen LogP contribution in [-0.4, -0.2) is 33.4 Å². The minimum atomic E-state index is 0.0490. The molecule has 2 N–H and O–H groups in total. The Morgan fingerprint density at radius 2 is 2.16 bits per heavy atom. The molecule has 0 saturated carbocycles. The van der Waals surface area contributed by atoms with Gasteiger partial charge in [0.05, 0.1) is 6.04 Å². The first-order chi connectivity index (χ1) is 9.19. The summed E-state index contributed by atoms with van der Waals surface area (Å²) >= 11 is 0. The Bertz CT molecular complexity index is 509. The highest BCUT2D eigenvalue weighted by Crippen LogP contribution is 2.13. The Hall–Kier alpha value is -1.96. The topological polar surface area (TPSA) is 102 Å².